The van der Waals surface area contributed by atoms with Crippen LogP contribution in [0, 0.1) is 13.8 Å². The zero-order valence-electron chi connectivity index (χ0n) is 11.0. The zero-order valence-corrected chi connectivity index (χ0v) is 13.4. The maximum Gasteiger partial charge on any atom is 0.241 e. The SMILES string of the molecule is Cc1ncsc1CNS(=O)(=O)c1cc(N)c(C)c(Cl)c1. The lowest BCUT2D eigenvalue weighted by Gasteiger charge is -2.09. The van der Waals surface area contributed by atoms with E-state index in [4.69, 9.17) is 17.3 Å². The van der Waals surface area contributed by atoms with Crippen LogP contribution in [0.25, 0.3) is 0 Å². The van der Waals surface area contributed by atoms with Crippen LogP contribution >= 0.6 is 22.9 Å². The molecule has 2 rings (SSSR count). The number of aryl methyl sites for hydroxylation is 1. The van der Waals surface area contributed by atoms with Gasteiger partial charge in [0.2, 0.25) is 10.0 Å². The Hall–Kier alpha value is -1.15. The molecule has 0 aliphatic rings. The predicted octanol–water partition coefficient (Wildman–Crippen LogP) is 2.47. The fourth-order valence-corrected chi connectivity index (χ4v) is 3.72. The van der Waals surface area contributed by atoms with Gasteiger partial charge in [0.15, 0.2) is 0 Å². The summed E-state index contributed by atoms with van der Waals surface area (Å²) in [4.78, 5) is 5.01. The van der Waals surface area contributed by atoms with Gasteiger partial charge < -0.3 is 5.73 Å². The fraction of sp³-hybridized carbons (Fsp3) is 0.250. The molecule has 2 aromatic rings. The van der Waals surface area contributed by atoms with Crippen LogP contribution in [0.4, 0.5) is 5.69 Å². The lowest BCUT2D eigenvalue weighted by atomic mass is 10.2. The molecule has 0 fully saturated rings. The molecule has 1 aromatic heterocycles. The first-order valence-corrected chi connectivity index (χ1v) is 8.49. The van der Waals surface area contributed by atoms with Crippen molar-refractivity contribution in [2.75, 3.05) is 5.73 Å². The highest BCUT2D eigenvalue weighted by atomic mass is 35.5. The normalized spacial score (nSPS) is 11.8. The van der Waals surface area contributed by atoms with Crippen molar-refractivity contribution in [3.8, 4) is 0 Å². The molecule has 0 bridgehead atoms. The molecule has 0 amide bonds. The molecule has 0 radical (unpaired) electrons. The van der Waals surface area contributed by atoms with Crippen LogP contribution in [0.15, 0.2) is 22.5 Å². The molecular formula is C12H14ClN3O2S2. The Morgan fingerprint density at radius 1 is 1.40 bits per heavy atom. The molecule has 0 aliphatic carbocycles. The van der Waals surface area contributed by atoms with Gasteiger partial charge in [-0.05, 0) is 31.5 Å². The van der Waals surface area contributed by atoms with Gasteiger partial charge in [-0.1, -0.05) is 11.6 Å². The first kappa shape index (κ1) is 15.2. The summed E-state index contributed by atoms with van der Waals surface area (Å²) >= 11 is 7.38. The summed E-state index contributed by atoms with van der Waals surface area (Å²) in [5.74, 6) is 0. The molecule has 0 spiro atoms. The number of nitrogens with zero attached hydrogens (tertiary/aromatic N) is 1. The van der Waals surface area contributed by atoms with E-state index >= 15 is 0 Å². The summed E-state index contributed by atoms with van der Waals surface area (Å²) in [6.45, 7) is 3.77. The molecule has 3 N–H and O–H groups in total. The van der Waals surface area contributed by atoms with Gasteiger partial charge in [0.1, 0.15) is 0 Å². The molecule has 0 saturated heterocycles. The standard InChI is InChI=1S/C12H14ClN3O2S2/c1-7-10(13)3-9(4-11(7)14)20(17,18)16-5-12-8(2)15-6-19-12/h3-4,6,16H,5,14H2,1-2H3. The molecule has 0 saturated carbocycles. The van der Waals surface area contributed by atoms with Crippen LogP contribution in [0.5, 0.6) is 0 Å². The second-order valence-electron chi connectivity index (χ2n) is 4.30. The minimum absolute atomic E-state index is 0.0627. The van der Waals surface area contributed by atoms with Crippen LogP contribution in [0.1, 0.15) is 16.1 Å². The molecule has 1 heterocycles. The van der Waals surface area contributed by atoms with Crippen molar-refractivity contribution in [2.45, 2.75) is 25.3 Å². The van der Waals surface area contributed by atoms with E-state index in [9.17, 15) is 8.42 Å². The molecular weight excluding hydrogens is 318 g/mol. The summed E-state index contributed by atoms with van der Waals surface area (Å²) < 4.78 is 26.9. The lowest BCUT2D eigenvalue weighted by Crippen LogP contribution is -2.23. The monoisotopic (exact) mass is 331 g/mol. The minimum atomic E-state index is -3.65. The van der Waals surface area contributed by atoms with Crippen molar-refractivity contribution in [1.29, 1.82) is 0 Å². The number of nitrogen functional groups attached to an aromatic ring is 1. The van der Waals surface area contributed by atoms with E-state index < -0.39 is 10.0 Å². The number of thiazole rings is 1. The third-order valence-corrected chi connectivity index (χ3v) is 5.64. The maximum absolute atomic E-state index is 12.2. The third kappa shape index (κ3) is 3.12. The number of nitrogens with two attached hydrogens (primary N) is 1. The zero-order chi connectivity index (χ0) is 14.9. The summed E-state index contributed by atoms with van der Waals surface area (Å²) in [5.41, 5.74) is 9.27. The summed E-state index contributed by atoms with van der Waals surface area (Å²) in [6.07, 6.45) is 0. The number of hydrogen-bond donors (Lipinski definition) is 2. The summed E-state index contributed by atoms with van der Waals surface area (Å²) in [6, 6.07) is 2.80. The van der Waals surface area contributed by atoms with Crippen molar-refractivity contribution in [1.82, 2.24) is 9.71 Å². The lowest BCUT2D eigenvalue weighted by molar-refractivity contribution is 0.581. The van der Waals surface area contributed by atoms with Gasteiger partial charge in [0, 0.05) is 22.1 Å². The Kier molecular flexibility index (Phi) is 4.33. The predicted molar refractivity (Wildman–Crippen MR) is 81.5 cm³/mol. The second-order valence-corrected chi connectivity index (χ2v) is 7.42. The average molecular weight is 332 g/mol. The third-order valence-electron chi connectivity index (χ3n) is 2.94. The van der Waals surface area contributed by atoms with Crippen LogP contribution < -0.4 is 10.5 Å². The van der Waals surface area contributed by atoms with E-state index in [-0.39, 0.29) is 11.4 Å². The molecule has 5 nitrogen and oxygen atoms in total. The highest BCUT2D eigenvalue weighted by Gasteiger charge is 2.17. The smallest absolute Gasteiger partial charge is 0.241 e. The van der Waals surface area contributed by atoms with Gasteiger partial charge in [0.25, 0.3) is 0 Å². The van der Waals surface area contributed by atoms with E-state index in [1.54, 1.807) is 12.4 Å². The quantitative estimate of drug-likeness (QED) is 0.843. The molecule has 108 valence electrons. The number of rotatable bonds is 4. The Balaban J connectivity index is 2.25. The fourth-order valence-electron chi connectivity index (χ4n) is 1.57. The van der Waals surface area contributed by atoms with Crippen molar-refractivity contribution >= 4 is 38.6 Å². The number of nitrogens with one attached hydrogen (secondary N) is 1. The van der Waals surface area contributed by atoms with E-state index in [1.165, 1.54) is 23.5 Å². The van der Waals surface area contributed by atoms with Gasteiger partial charge in [-0.25, -0.2) is 18.1 Å². The molecule has 8 heteroatoms. The summed E-state index contributed by atoms with van der Waals surface area (Å²) in [5, 5.41) is 0.333. The Labute approximate surface area is 126 Å². The van der Waals surface area contributed by atoms with Crippen molar-refractivity contribution in [2.24, 2.45) is 0 Å². The van der Waals surface area contributed by atoms with Crippen molar-refractivity contribution in [3.63, 3.8) is 0 Å². The maximum atomic E-state index is 12.2. The molecule has 0 atom stereocenters. The highest BCUT2D eigenvalue weighted by molar-refractivity contribution is 7.89. The number of anilines is 1. The van der Waals surface area contributed by atoms with Crippen LogP contribution in [-0.4, -0.2) is 13.4 Å². The molecule has 0 unspecified atom stereocenters. The minimum Gasteiger partial charge on any atom is -0.398 e. The number of sulfonamides is 1. The molecule has 20 heavy (non-hydrogen) atoms. The largest absolute Gasteiger partial charge is 0.398 e. The van der Waals surface area contributed by atoms with Gasteiger partial charge in [0.05, 0.1) is 16.1 Å². The number of benzene rings is 1. The Bertz CT molecular complexity index is 718. The first-order chi connectivity index (χ1) is 9.31. The Morgan fingerprint density at radius 3 is 2.65 bits per heavy atom. The second kappa shape index (κ2) is 5.69. The van der Waals surface area contributed by atoms with Gasteiger partial charge >= 0.3 is 0 Å². The van der Waals surface area contributed by atoms with E-state index in [0.29, 0.717) is 16.3 Å². The topological polar surface area (TPSA) is 85.1 Å². The average Bonchev–Trinajstić information content (AvgIpc) is 2.78. The number of hydrogen-bond acceptors (Lipinski definition) is 5. The highest BCUT2D eigenvalue weighted by Crippen LogP contribution is 2.26. The Morgan fingerprint density at radius 2 is 2.10 bits per heavy atom. The number of halogens is 1. The van der Waals surface area contributed by atoms with E-state index in [2.05, 4.69) is 9.71 Å². The molecule has 1 aromatic carbocycles. The van der Waals surface area contributed by atoms with Crippen molar-refractivity contribution < 1.29 is 8.42 Å². The van der Waals surface area contributed by atoms with Crippen molar-refractivity contribution in [3.05, 3.63) is 38.8 Å². The first-order valence-electron chi connectivity index (χ1n) is 5.75. The van der Waals surface area contributed by atoms with Crippen LogP contribution in [-0.2, 0) is 16.6 Å². The van der Waals surface area contributed by atoms with Gasteiger partial charge in [-0.15, -0.1) is 11.3 Å². The van der Waals surface area contributed by atoms with E-state index in [1.807, 2.05) is 6.92 Å². The number of aromatic nitrogens is 1. The van der Waals surface area contributed by atoms with Gasteiger partial charge in [-0.3, -0.25) is 0 Å². The van der Waals surface area contributed by atoms with Crippen LogP contribution in [0.3, 0.4) is 0 Å². The molecule has 0 aliphatic heterocycles. The van der Waals surface area contributed by atoms with E-state index in [0.717, 1.165) is 10.6 Å². The summed E-state index contributed by atoms with van der Waals surface area (Å²) in [7, 11) is -3.65. The van der Waals surface area contributed by atoms with Crippen LogP contribution in [0.2, 0.25) is 5.02 Å². The van der Waals surface area contributed by atoms with Gasteiger partial charge in [-0.2, -0.15) is 0 Å².